The summed E-state index contributed by atoms with van der Waals surface area (Å²) in [5.74, 6) is 0.767. The monoisotopic (exact) mass is 328 g/mol. The van der Waals surface area contributed by atoms with Gasteiger partial charge in [-0.05, 0) is 41.4 Å². The van der Waals surface area contributed by atoms with Gasteiger partial charge in [-0.15, -0.1) is 0 Å². The van der Waals surface area contributed by atoms with Crippen LogP contribution in [0.15, 0.2) is 0 Å². The van der Waals surface area contributed by atoms with Crippen LogP contribution >= 0.6 is 15.9 Å². The van der Waals surface area contributed by atoms with E-state index in [2.05, 4.69) is 43.6 Å². The largest absolute Gasteiger partial charge is 0.373 e. The zero-order valence-corrected chi connectivity index (χ0v) is 14.2. The number of halogens is 1. The van der Waals surface area contributed by atoms with E-state index < -0.39 is 0 Å². The van der Waals surface area contributed by atoms with E-state index in [1.54, 1.807) is 7.11 Å². The molecule has 3 saturated carbocycles. The Morgan fingerprint density at radius 1 is 1.21 bits per heavy atom. The average molecular weight is 329 g/mol. The summed E-state index contributed by atoms with van der Waals surface area (Å²) in [6.45, 7) is 9.18. The minimum atomic E-state index is -0.215. The van der Waals surface area contributed by atoms with Gasteiger partial charge in [-0.25, -0.2) is 0 Å². The number of hydrogen-bond donors (Lipinski definition) is 0. The first-order valence-corrected chi connectivity index (χ1v) is 8.38. The Bertz CT molecular complexity index is 436. The lowest BCUT2D eigenvalue weighted by atomic mass is 9.36. The minimum absolute atomic E-state index is 0.125. The molecule has 0 radical (unpaired) electrons. The summed E-state index contributed by atoms with van der Waals surface area (Å²) in [6.07, 6.45) is 3.41. The van der Waals surface area contributed by atoms with Gasteiger partial charge in [-0.2, -0.15) is 0 Å². The van der Waals surface area contributed by atoms with Crippen molar-refractivity contribution in [2.45, 2.75) is 57.9 Å². The van der Waals surface area contributed by atoms with Gasteiger partial charge in [0.15, 0.2) is 5.78 Å². The molecule has 0 aromatic rings. The summed E-state index contributed by atoms with van der Waals surface area (Å²) in [5, 5.41) is 0. The normalized spacial score (nSPS) is 60.4. The molecule has 3 rings (SSSR count). The highest BCUT2D eigenvalue weighted by molar-refractivity contribution is 9.09. The molecule has 0 heterocycles. The highest BCUT2D eigenvalue weighted by Gasteiger charge is 2.78. The highest BCUT2D eigenvalue weighted by atomic mass is 79.9. The summed E-state index contributed by atoms with van der Waals surface area (Å²) in [7, 11) is 1.69. The molecule has 0 N–H and O–H groups in total. The summed E-state index contributed by atoms with van der Waals surface area (Å²) in [4.78, 5) is 13.3. The Labute approximate surface area is 124 Å². The van der Waals surface area contributed by atoms with E-state index in [1.807, 2.05) is 0 Å². The lowest BCUT2D eigenvalue weighted by molar-refractivity contribution is -0.213. The second kappa shape index (κ2) is 3.85. The molecule has 108 valence electrons. The maximum Gasteiger partial charge on any atom is 0.165 e. The van der Waals surface area contributed by atoms with Crippen LogP contribution in [0.25, 0.3) is 0 Å². The zero-order chi connectivity index (χ0) is 14.2. The van der Waals surface area contributed by atoms with Gasteiger partial charge in [0.2, 0.25) is 0 Å². The number of carbonyl (C=O) groups is 1. The van der Waals surface area contributed by atoms with Crippen molar-refractivity contribution in [3.63, 3.8) is 0 Å². The molecule has 7 atom stereocenters. The van der Waals surface area contributed by atoms with Crippen molar-refractivity contribution < 1.29 is 9.53 Å². The van der Waals surface area contributed by atoms with Crippen molar-refractivity contribution in [3.8, 4) is 0 Å². The first kappa shape index (κ1) is 14.1. The smallest absolute Gasteiger partial charge is 0.165 e. The van der Waals surface area contributed by atoms with E-state index in [0.29, 0.717) is 16.5 Å². The Morgan fingerprint density at radius 3 is 2.32 bits per heavy atom. The van der Waals surface area contributed by atoms with Crippen molar-refractivity contribution in [1.82, 2.24) is 0 Å². The molecule has 1 spiro atoms. The molecule has 19 heavy (non-hydrogen) atoms. The topological polar surface area (TPSA) is 26.3 Å². The maximum absolute atomic E-state index is 12.7. The fraction of sp³-hybridized carbons (Fsp3) is 0.938. The van der Waals surface area contributed by atoms with Gasteiger partial charge >= 0.3 is 0 Å². The third kappa shape index (κ3) is 1.22. The quantitative estimate of drug-likeness (QED) is 0.684. The number of alkyl halides is 1. The Kier molecular flexibility index (Phi) is 2.85. The molecule has 3 aliphatic rings. The molecular weight excluding hydrogens is 304 g/mol. The number of rotatable bonds is 1. The molecule has 0 saturated heterocycles. The number of hydrogen-bond acceptors (Lipinski definition) is 2. The highest BCUT2D eigenvalue weighted by Crippen LogP contribution is 2.81. The van der Waals surface area contributed by atoms with Crippen LogP contribution in [0.3, 0.4) is 0 Å². The van der Waals surface area contributed by atoms with Crippen LogP contribution < -0.4 is 0 Å². The van der Waals surface area contributed by atoms with E-state index in [4.69, 9.17) is 4.74 Å². The van der Waals surface area contributed by atoms with Crippen molar-refractivity contribution in [2.75, 3.05) is 7.11 Å². The van der Waals surface area contributed by atoms with Gasteiger partial charge in [-0.3, -0.25) is 4.79 Å². The molecule has 0 bridgehead atoms. The summed E-state index contributed by atoms with van der Waals surface area (Å²) in [6, 6.07) is 0. The van der Waals surface area contributed by atoms with Crippen molar-refractivity contribution in [3.05, 3.63) is 0 Å². The summed E-state index contributed by atoms with van der Waals surface area (Å²) < 4.78 is 5.57. The van der Waals surface area contributed by atoms with E-state index in [9.17, 15) is 4.79 Å². The Hall–Kier alpha value is 0.110. The van der Waals surface area contributed by atoms with E-state index >= 15 is 0 Å². The van der Waals surface area contributed by atoms with Crippen LogP contribution in [0.4, 0.5) is 0 Å². The van der Waals surface area contributed by atoms with Crippen molar-refractivity contribution >= 4 is 21.7 Å². The second-order valence-corrected chi connectivity index (χ2v) is 8.65. The van der Waals surface area contributed by atoms with Crippen molar-refractivity contribution in [1.29, 1.82) is 0 Å². The first-order valence-electron chi connectivity index (χ1n) is 7.47. The third-order valence-corrected chi connectivity index (χ3v) is 8.87. The van der Waals surface area contributed by atoms with Crippen LogP contribution in [0, 0.1) is 28.1 Å². The van der Waals surface area contributed by atoms with Gasteiger partial charge in [0.05, 0.1) is 0 Å². The fourth-order valence-electron chi connectivity index (χ4n) is 6.13. The SMILES string of the molecule is CO[C@H]1C(=O)[C@H](C)[C@]23CC[C@@]2(C)[C@@H](Br)C[C@]3(C)[C@H]1C. The predicted molar refractivity (Wildman–Crippen MR) is 79.3 cm³/mol. The number of carbonyl (C=O) groups excluding carboxylic acids is 1. The third-order valence-electron chi connectivity index (χ3n) is 7.53. The standard InChI is InChI=1S/C16H25BrO2/c1-9-12(18)13(19-5)10(2)15(4)8-11(17)14(3)6-7-16(9,14)15/h9-11,13H,6-8H2,1-5H3/t9-,10-,11-,13+,14-,15+,16+/m0/s1. The van der Waals surface area contributed by atoms with Crippen LogP contribution in [0.1, 0.15) is 47.0 Å². The van der Waals surface area contributed by atoms with Crippen LogP contribution in [-0.2, 0) is 9.53 Å². The van der Waals surface area contributed by atoms with Gasteiger partial charge in [0.1, 0.15) is 6.10 Å². The van der Waals surface area contributed by atoms with E-state index in [-0.39, 0.29) is 28.3 Å². The molecular formula is C16H25BrO2. The summed E-state index contributed by atoms with van der Waals surface area (Å²) in [5.41, 5.74) is 0.672. The fourth-order valence-corrected chi connectivity index (χ4v) is 7.44. The molecule has 0 aliphatic heterocycles. The Morgan fingerprint density at radius 2 is 1.84 bits per heavy atom. The van der Waals surface area contributed by atoms with Crippen LogP contribution in [0.5, 0.6) is 0 Å². The molecule has 3 heteroatoms. The van der Waals surface area contributed by atoms with Gasteiger partial charge in [-0.1, -0.05) is 43.6 Å². The molecule has 0 aromatic heterocycles. The predicted octanol–water partition coefficient (Wildman–Crippen LogP) is 3.82. The first-order chi connectivity index (χ1) is 8.76. The average Bonchev–Trinajstić information content (AvgIpc) is 2.46. The van der Waals surface area contributed by atoms with E-state index in [0.717, 1.165) is 0 Å². The van der Waals surface area contributed by atoms with Crippen LogP contribution in [-0.4, -0.2) is 23.8 Å². The van der Waals surface area contributed by atoms with Crippen molar-refractivity contribution in [2.24, 2.45) is 28.1 Å². The van der Waals surface area contributed by atoms with Gasteiger partial charge in [0.25, 0.3) is 0 Å². The molecule has 0 amide bonds. The molecule has 2 nitrogen and oxygen atoms in total. The molecule has 3 aliphatic carbocycles. The lowest BCUT2D eigenvalue weighted by Crippen LogP contribution is -2.67. The zero-order valence-electron chi connectivity index (χ0n) is 12.6. The second-order valence-electron chi connectivity index (χ2n) is 7.55. The van der Waals surface area contributed by atoms with E-state index in [1.165, 1.54) is 19.3 Å². The number of methoxy groups -OCH3 is 1. The number of ketones is 1. The summed E-state index contributed by atoms with van der Waals surface area (Å²) >= 11 is 3.94. The molecule has 3 fully saturated rings. The number of Topliss-reactive ketones (excluding diaryl/α,β-unsaturated/α-hetero) is 1. The Balaban J connectivity index is 2.15. The molecule has 0 unspecified atom stereocenters. The maximum atomic E-state index is 12.7. The minimum Gasteiger partial charge on any atom is -0.373 e. The van der Waals surface area contributed by atoms with Gasteiger partial charge < -0.3 is 4.74 Å². The van der Waals surface area contributed by atoms with Gasteiger partial charge in [0, 0.05) is 17.9 Å². The van der Waals surface area contributed by atoms with Crippen LogP contribution in [0.2, 0.25) is 0 Å². The number of ether oxygens (including phenoxy) is 1. The molecule has 0 aromatic carbocycles. The lowest BCUT2D eigenvalue weighted by Gasteiger charge is -2.68.